The van der Waals surface area contributed by atoms with E-state index in [2.05, 4.69) is 4.28 Å². The maximum absolute atomic E-state index is 12.1. The first-order chi connectivity index (χ1) is 8.80. The van der Waals surface area contributed by atoms with Crippen LogP contribution in [-0.2, 0) is 29.7 Å². The number of rotatable bonds is 2. The van der Waals surface area contributed by atoms with Crippen molar-refractivity contribution in [3.63, 3.8) is 0 Å². The van der Waals surface area contributed by atoms with E-state index < -0.39 is 52.4 Å². The Bertz CT molecular complexity index is 488. The molecule has 0 radical (unpaired) electrons. The molecule has 3 aliphatic rings. The van der Waals surface area contributed by atoms with Crippen LogP contribution in [-0.4, -0.2) is 38.8 Å². The fourth-order valence-electron chi connectivity index (χ4n) is 2.46. The predicted octanol–water partition coefficient (Wildman–Crippen LogP) is 0.0399. The molecular weight excluding hydrogens is 291 g/mol. The zero-order chi connectivity index (χ0) is 13.9. The van der Waals surface area contributed by atoms with Crippen LogP contribution in [0.1, 0.15) is 0 Å². The Balaban J connectivity index is 1.81. The summed E-state index contributed by atoms with van der Waals surface area (Å²) in [5.74, 6) is -3.70. The van der Waals surface area contributed by atoms with Crippen LogP contribution in [0.25, 0.3) is 0 Å². The van der Waals surface area contributed by atoms with Gasteiger partial charge >= 0.3 is 5.51 Å². The van der Waals surface area contributed by atoms with Crippen LogP contribution in [0, 0.1) is 11.8 Å². The number of imide groups is 1. The fraction of sp³-hybridized carbons (Fsp3) is 0.556. The summed E-state index contributed by atoms with van der Waals surface area (Å²) in [6.45, 7) is 0. The minimum atomic E-state index is -5.16. The van der Waals surface area contributed by atoms with Crippen molar-refractivity contribution in [1.29, 1.82) is 0 Å². The van der Waals surface area contributed by atoms with Gasteiger partial charge < -0.3 is 4.74 Å². The zero-order valence-corrected chi connectivity index (χ0v) is 9.81. The number of nitrogens with zero attached hydrogens (tertiary/aromatic N) is 1. The molecule has 3 aliphatic heterocycles. The van der Waals surface area contributed by atoms with Crippen LogP contribution in [0.5, 0.6) is 0 Å². The quantitative estimate of drug-likeness (QED) is 0.531. The average Bonchev–Trinajstić information content (AvgIpc) is 2.97. The highest BCUT2D eigenvalue weighted by Gasteiger charge is 2.62. The van der Waals surface area contributed by atoms with E-state index in [0.717, 1.165) is 0 Å². The molecule has 6 nitrogen and oxygen atoms in total. The molecule has 4 unspecified atom stereocenters. The van der Waals surface area contributed by atoms with Gasteiger partial charge in [-0.25, -0.2) is 4.21 Å². The third kappa shape index (κ3) is 1.74. The summed E-state index contributed by atoms with van der Waals surface area (Å²) >= 11 is -3.76. The summed E-state index contributed by atoms with van der Waals surface area (Å²) < 4.78 is 56.3. The second-order valence-electron chi connectivity index (χ2n) is 4.23. The molecule has 2 bridgehead atoms. The highest BCUT2D eigenvalue weighted by atomic mass is 32.2. The number of fused-ring (bicyclic) bond motifs is 5. The van der Waals surface area contributed by atoms with Crippen LogP contribution >= 0.6 is 0 Å². The van der Waals surface area contributed by atoms with Crippen molar-refractivity contribution in [2.45, 2.75) is 17.7 Å². The molecule has 0 aliphatic carbocycles. The molecule has 0 aromatic heterocycles. The van der Waals surface area contributed by atoms with Crippen molar-refractivity contribution in [3.05, 3.63) is 12.2 Å². The maximum atomic E-state index is 12.1. The molecule has 10 heteroatoms. The van der Waals surface area contributed by atoms with Gasteiger partial charge in [0.05, 0.1) is 24.0 Å². The monoisotopic (exact) mass is 297 g/mol. The van der Waals surface area contributed by atoms with Crippen molar-refractivity contribution in [2.24, 2.45) is 11.8 Å². The van der Waals surface area contributed by atoms with E-state index in [1.165, 1.54) is 0 Å². The lowest BCUT2D eigenvalue weighted by Gasteiger charge is -2.16. The molecule has 2 saturated heterocycles. The van der Waals surface area contributed by atoms with Crippen molar-refractivity contribution in [2.75, 3.05) is 0 Å². The number of ether oxygens (including phenoxy) is 1. The van der Waals surface area contributed by atoms with Crippen LogP contribution in [0.4, 0.5) is 13.2 Å². The summed E-state index contributed by atoms with van der Waals surface area (Å²) in [6.07, 6.45) is 1.86. The minimum absolute atomic E-state index is 0.0472. The van der Waals surface area contributed by atoms with Crippen LogP contribution in [0.15, 0.2) is 12.2 Å². The maximum Gasteiger partial charge on any atom is 0.499 e. The van der Waals surface area contributed by atoms with Gasteiger partial charge in [0.1, 0.15) is 0 Å². The lowest BCUT2D eigenvalue weighted by atomic mass is 9.85. The smallest absolute Gasteiger partial charge is 0.365 e. The molecule has 3 rings (SSSR count). The summed E-state index contributed by atoms with van der Waals surface area (Å²) in [5.41, 5.74) is -5.16. The molecule has 19 heavy (non-hydrogen) atoms. The highest BCUT2D eigenvalue weighted by Crippen LogP contribution is 2.45. The Morgan fingerprint density at radius 3 is 2.05 bits per heavy atom. The molecule has 0 saturated carbocycles. The number of hydrogen-bond donors (Lipinski definition) is 0. The Hall–Kier alpha value is -1.26. The number of carbonyl (C=O) groups excluding carboxylic acids is 2. The molecule has 0 spiro atoms. The molecule has 104 valence electrons. The number of halogens is 3. The molecular formula is C9H6F3NO5S. The molecule has 2 fully saturated rings. The normalized spacial score (nSPS) is 38.2. The lowest BCUT2D eigenvalue weighted by Crippen LogP contribution is -2.37. The molecule has 0 aromatic carbocycles. The first kappa shape index (κ1) is 12.8. The van der Waals surface area contributed by atoms with Crippen molar-refractivity contribution >= 4 is 22.9 Å². The van der Waals surface area contributed by atoms with Crippen LogP contribution in [0.3, 0.4) is 0 Å². The second-order valence-corrected chi connectivity index (χ2v) is 5.31. The van der Waals surface area contributed by atoms with Gasteiger partial charge in [-0.3, -0.25) is 9.59 Å². The Kier molecular flexibility index (Phi) is 2.60. The number of hydrogen-bond acceptors (Lipinski definition) is 5. The highest BCUT2D eigenvalue weighted by molar-refractivity contribution is 7.81. The van der Waals surface area contributed by atoms with Crippen molar-refractivity contribution in [3.8, 4) is 0 Å². The standard InChI is InChI=1S/C9H6F3NO5S/c10-9(11,12)19(16)18-13-7(14)5-3-1-2-4(17-3)6(5)8(13)15/h1-6H/t3?,4?,5-,6?,19?/m0/s1. The van der Waals surface area contributed by atoms with E-state index in [-0.39, 0.29) is 5.06 Å². The topological polar surface area (TPSA) is 72.9 Å². The third-order valence-electron chi connectivity index (χ3n) is 3.20. The molecule has 2 amide bonds. The second kappa shape index (κ2) is 3.87. The number of hydroxylamine groups is 2. The van der Waals surface area contributed by atoms with Crippen molar-refractivity contribution in [1.82, 2.24) is 5.06 Å². The van der Waals surface area contributed by atoms with Gasteiger partial charge in [0.15, 0.2) is 0 Å². The van der Waals surface area contributed by atoms with E-state index in [9.17, 15) is 27.0 Å². The molecule has 5 atom stereocenters. The molecule has 3 heterocycles. The van der Waals surface area contributed by atoms with E-state index in [1.807, 2.05) is 0 Å². The van der Waals surface area contributed by atoms with E-state index >= 15 is 0 Å². The summed E-state index contributed by atoms with van der Waals surface area (Å²) in [5, 5.41) is -0.0472. The number of alkyl halides is 3. The summed E-state index contributed by atoms with van der Waals surface area (Å²) in [4.78, 5) is 23.6. The predicted molar refractivity (Wildman–Crippen MR) is 51.9 cm³/mol. The first-order valence-electron chi connectivity index (χ1n) is 5.19. The van der Waals surface area contributed by atoms with Gasteiger partial charge in [0.2, 0.25) is 0 Å². The van der Waals surface area contributed by atoms with Gasteiger partial charge in [-0.1, -0.05) is 12.2 Å². The minimum Gasteiger partial charge on any atom is -0.365 e. The number of amides is 2. The Morgan fingerprint density at radius 2 is 1.63 bits per heavy atom. The Labute approximate surface area is 106 Å². The lowest BCUT2D eigenvalue weighted by molar-refractivity contribution is -0.169. The third-order valence-corrected chi connectivity index (χ3v) is 3.86. The first-order valence-corrected chi connectivity index (χ1v) is 6.27. The Morgan fingerprint density at radius 1 is 1.16 bits per heavy atom. The largest absolute Gasteiger partial charge is 0.499 e. The van der Waals surface area contributed by atoms with Gasteiger partial charge in [-0.15, -0.1) is 5.06 Å². The molecule has 0 N–H and O–H groups in total. The van der Waals surface area contributed by atoms with Crippen molar-refractivity contribution < 1.29 is 36.0 Å². The van der Waals surface area contributed by atoms with E-state index in [1.54, 1.807) is 12.2 Å². The van der Waals surface area contributed by atoms with E-state index in [0.29, 0.717) is 0 Å². The zero-order valence-electron chi connectivity index (χ0n) is 8.99. The van der Waals surface area contributed by atoms with Crippen LogP contribution in [0.2, 0.25) is 0 Å². The summed E-state index contributed by atoms with van der Waals surface area (Å²) in [7, 11) is 0. The van der Waals surface area contributed by atoms with Gasteiger partial charge in [0.25, 0.3) is 22.9 Å². The SMILES string of the molecule is O=C1C2C3C=CC(O3)[C@@H]2C(=O)N1OS(=O)C(F)(F)F. The van der Waals surface area contributed by atoms with E-state index in [4.69, 9.17) is 4.74 Å². The fourth-order valence-corrected chi connectivity index (χ4v) is 2.83. The average molecular weight is 297 g/mol. The number of carbonyl (C=O) groups is 2. The van der Waals surface area contributed by atoms with Gasteiger partial charge in [0, 0.05) is 0 Å². The molecule has 0 aromatic rings. The van der Waals surface area contributed by atoms with Crippen LogP contribution < -0.4 is 0 Å². The van der Waals surface area contributed by atoms with Gasteiger partial charge in [-0.2, -0.15) is 17.5 Å². The van der Waals surface area contributed by atoms with Gasteiger partial charge in [-0.05, 0) is 0 Å². The summed E-state index contributed by atoms with van der Waals surface area (Å²) in [6, 6.07) is 0.